The van der Waals surface area contributed by atoms with Gasteiger partial charge in [0.25, 0.3) is 5.44 Å². The minimum Gasteiger partial charge on any atom is -1.00 e. The number of nitrogens with zero attached hydrogens (tertiary/aromatic N) is 1. The Hall–Kier alpha value is -2.37. The van der Waals surface area contributed by atoms with Crippen molar-refractivity contribution in [3.05, 3.63) is 133 Å². The van der Waals surface area contributed by atoms with Gasteiger partial charge >= 0.3 is 0 Å². The third-order valence-corrected chi connectivity index (χ3v) is 11.3. The first-order valence-electron chi connectivity index (χ1n) is 11.3. The number of oxazole rings is 1. The Labute approximate surface area is 239 Å². The molecule has 5 rings (SSSR count). The van der Waals surface area contributed by atoms with Crippen molar-refractivity contribution in [1.82, 2.24) is 4.98 Å². The van der Waals surface area contributed by atoms with Crippen molar-refractivity contribution < 1.29 is 28.4 Å². The van der Waals surface area contributed by atoms with Gasteiger partial charge in [0, 0.05) is 16.3 Å². The van der Waals surface area contributed by atoms with Crippen LogP contribution in [0.4, 0.5) is 0 Å². The lowest BCUT2D eigenvalue weighted by Gasteiger charge is -2.25. The van der Waals surface area contributed by atoms with Gasteiger partial charge in [-0.3, -0.25) is 0 Å². The molecule has 0 bridgehead atoms. The van der Waals surface area contributed by atoms with Gasteiger partial charge in [0.1, 0.15) is 15.9 Å². The molecule has 0 unspecified atom stereocenters. The molecule has 0 aliphatic carbocycles. The Morgan fingerprint density at radius 3 is 1.67 bits per heavy atom. The highest BCUT2D eigenvalue weighted by atomic mass is 127. The van der Waals surface area contributed by atoms with Gasteiger partial charge in [-0.15, -0.1) is 6.58 Å². The lowest BCUT2D eigenvalue weighted by Crippen LogP contribution is -3.00. The van der Waals surface area contributed by atoms with E-state index in [1.807, 2.05) is 30.3 Å². The van der Waals surface area contributed by atoms with Crippen LogP contribution in [-0.2, 0) is 0 Å². The van der Waals surface area contributed by atoms with Crippen LogP contribution in [0.5, 0.6) is 0 Å². The largest absolute Gasteiger partial charge is 1.00 e. The summed E-state index contributed by atoms with van der Waals surface area (Å²) < 4.78 is 6.50. The number of aromatic nitrogens is 1. The van der Waals surface area contributed by atoms with Gasteiger partial charge in [0.2, 0.25) is 11.0 Å². The molecule has 0 atom stereocenters. The second kappa shape index (κ2) is 12.2. The SMILES string of the molecule is C=CCSc1oc(-c2ccc(Cl)cc2)nc1[P+](c1ccccc1)(c1ccccc1)c1ccccc1.[I-]. The molecule has 0 aliphatic rings. The predicted molar refractivity (Wildman–Crippen MR) is 153 cm³/mol. The molecule has 0 radical (unpaired) electrons. The molecule has 0 saturated heterocycles. The molecule has 4 aromatic carbocycles. The summed E-state index contributed by atoms with van der Waals surface area (Å²) in [6, 6.07) is 39.7. The number of thioether (sulfide) groups is 1. The highest BCUT2D eigenvalue weighted by molar-refractivity contribution is 8.04. The molecule has 0 spiro atoms. The molecule has 0 aliphatic heterocycles. The fourth-order valence-corrected chi connectivity index (χ4v) is 9.58. The molecule has 0 saturated carbocycles. The van der Waals surface area contributed by atoms with Crippen LogP contribution in [0.2, 0.25) is 5.02 Å². The summed E-state index contributed by atoms with van der Waals surface area (Å²) in [5.74, 6) is 1.32. The van der Waals surface area contributed by atoms with Gasteiger partial charge in [0.05, 0.1) is 0 Å². The van der Waals surface area contributed by atoms with E-state index in [1.54, 1.807) is 11.8 Å². The van der Waals surface area contributed by atoms with Gasteiger partial charge in [-0.1, -0.05) is 84.0 Å². The van der Waals surface area contributed by atoms with Crippen LogP contribution >= 0.6 is 30.6 Å². The standard InChI is InChI=1S/C30H24ClNOPS.HI/c1-2-22-35-30-29(32-28(33-30)23-18-20-24(31)21-19-23)34(25-12-6-3-7-13-25,26-14-8-4-9-15-26)27-16-10-5-11-17-27;/h2-21H,1,22H2;1H/q+1;/p-1. The molecular weight excluding hydrogens is 616 g/mol. The van der Waals surface area contributed by atoms with E-state index in [-0.39, 0.29) is 24.0 Å². The number of benzene rings is 4. The summed E-state index contributed by atoms with van der Waals surface area (Å²) in [5.41, 5.74) is 1.87. The molecule has 0 fully saturated rings. The van der Waals surface area contributed by atoms with Gasteiger partial charge in [-0.2, -0.15) is 4.98 Å². The van der Waals surface area contributed by atoms with Crippen LogP contribution < -0.4 is 45.3 Å². The monoisotopic (exact) mass is 639 g/mol. The highest BCUT2D eigenvalue weighted by Crippen LogP contribution is 2.56. The third kappa shape index (κ3) is 5.19. The first-order chi connectivity index (χ1) is 17.2. The molecule has 5 aromatic rings. The quantitative estimate of drug-likeness (QED) is 0.112. The summed E-state index contributed by atoms with van der Waals surface area (Å²) in [7, 11) is -2.38. The van der Waals surface area contributed by atoms with E-state index in [0.29, 0.717) is 10.9 Å². The first kappa shape index (κ1) is 26.7. The van der Waals surface area contributed by atoms with Gasteiger partial charge in [-0.25, -0.2) is 0 Å². The van der Waals surface area contributed by atoms with Crippen molar-refractivity contribution in [2.45, 2.75) is 5.09 Å². The van der Waals surface area contributed by atoms with Crippen molar-refractivity contribution in [1.29, 1.82) is 0 Å². The minimum atomic E-state index is -2.38. The van der Waals surface area contributed by atoms with Crippen molar-refractivity contribution in [2.75, 3.05) is 5.75 Å². The summed E-state index contributed by atoms with van der Waals surface area (Å²) in [6.45, 7) is 3.93. The van der Waals surface area contributed by atoms with Gasteiger partial charge in [-0.05, 0) is 60.7 Å². The van der Waals surface area contributed by atoms with Crippen molar-refractivity contribution in [3.8, 4) is 11.5 Å². The zero-order chi connectivity index (χ0) is 24.1. The van der Waals surface area contributed by atoms with Crippen LogP contribution in [0.3, 0.4) is 0 Å². The molecule has 0 N–H and O–H groups in total. The van der Waals surface area contributed by atoms with E-state index in [1.165, 1.54) is 15.9 Å². The summed E-state index contributed by atoms with van der Waals surface area (Å²) >= 11 is 7.79. The smallest absolute Gasteiger partial charge is 0.251 e. The van der Waals surface area contributed by atoms with Crippen molar-refractivity contribution >= 4 is 52.0 Å². The van der Waals surface area contributed by atoms with Crippen LogP contribution in [-0.4, -0.2) is 10.7 Å². The van der Waals surface area contributed by atoms with E-state index in [0.717, 1.165) is 21.8 Å². The van der Waals surface area contributed by atoms with Crippen molar-refractivity contribution in [2.24, 2.45) is 0 Å². The second-order valence-electron chi connectivity index (χ2n) is 7.91. The molecular formula is C30H24ClINOPS. The molecule has 1 aromatic heterocycles. The van der Waals surface area contributed by atoms with E-state index >= 15 is 0 Å². The Balaban J connectivity index is 0.00000304. The van der Waals surface area contributed by atoms with Gasteiger partial charge < -0.3 is 28.4 Å². The second-order valence-corrected chi connectivity index (χ2v) is 12.7. The fourth-order valence-electron chi connectivity index (χ4n) is 4.22. The summed E-state index contributed by atoms with van der Waals surface area (Å²) in [6.07, 6.45) is 1.90. The minimum absolute atomic E-state index is 0. The Morgan fingerprint density at radius 2 is 1.22 bits per heavy atom. The summed E-state index contributed by atoms with van der Waals surface area (Å²) in [4.78, 5) is 5.25. The lowest BCUT2D eigenvalue weighted by molar-refractivity contribution is -0.00000710. The zero-order valence-electron chi connectivity index (χ0n) is 19.4. The topological polar surface area (TPSA) is 26.0 Å². The number of hydrogen-bond donors (Lipinski definition) is 0. The van der Waals surface area contributed by atoms with E-state index in [2.05, 4.69) is 97.6 Å². The highest BCUT2D eigenvalue weighted by Gasteiger charge is 2.52. The molecule has 180 valence electrons. The molecule has 2 nitrogen and oxygen atoms in total. The van der Waals surface area contributed by atoms with E-state index in [4.69, 9.17) is 21.0 Å². The summed E-state index contributed by atoms with van der Waals surface area (Å²) in [5, 5.41) is 5.19. The predicted octanol–water partition coefficient (Wildman–Crippen LogP) is 3.90. The molecule has 36 heavy (non-hydrogen) atoms. The lowest BCUT2D eigenvalue weighted by atomic mass is 10.2. The molecule has 1 heterocycles. The zero-order valence-corrected chi connectivity index (χ0v) is 24.1. The maximum Gasteiger partial charge on any atom is 0.251 e. The van der Waals surface area contributed by atoms with Crippen LogP contribution in [0.15, 0.2) is 137 Å². The van der Waals surface area contributed by atoms with Crippen LogP contribution in [0, 0.1) is 0 Å². The maximum absolute atomic E-state index is 6.50. The number of halogens is 2. The average molecular weight is 640 g/mol. The maximum atomic E-state index is 6.50. The van der Waals surface area contributed by atoms with Gasteiger partial charge in [0.15, 0.2) is 7.26 Å². The Bertz CT molecular complexity index is 1310. The van der Waals surface area contributed by atoms with E-state index < -0.39 is 7.26 Å². The molecule has 6 heteroatoms. The normalized spacial score (nSPS) is 11.0. The number of rotatable bonds is 8. The Morgan fingerprint density at radius 1 is 0.750 bits per heavy atom. The molecule has 0 amide bonds. The average Bonchev–Trinajstić information content (AvgIpc) is 3.34. The fraction of sp³-hybridized carbons (Fsp3) is 0.0333. The third-order valence-electron chi connectivity index (χ3n) is 5.75. The van der Waals surface area contributed by atoms with Crippen LogP contribution in [0.25, 0.3) is 11.5 Å². The number of hydrogen-bond acceptors (Lipinski definition) is 3. The first-order valence-corrected chi connectivity index (χ1v) is 14.5. The van der Waals surface area contributed by atoms with Crippen LogP contribution in [0.1, 0.15) is 0 Å². The Kier molecular flexibility index (Phi) is 9.08. The van der Waals surface area contributed by atoms with E-state index in [9.17, 15) is 0 Å². The van der Waals surface area contributed by atoms with Crippen molar-refractivity contribution in [3.63, 3.8) is 0 Å².